The lowest BCUT2D eigenvalue weighted by atomic mass is 10.1. The molecule has 3 heterocycles. The molecule has 0 aliphatic heterocycles. The number of halogens is 3. The van der Waals surface area contributed by atoms with Crippen molar-refractivity contribution in [2.24, 2.45) is 5.92 Å². The summed E-state index contributed by atoms with van der Waals surface area (Å²) in [5.74, 6) is -3.32. The standard InChI is InChI=1S/C26H27F3N6O3S/c1-10-4-19-21(12(3)31-10)34-25(39-19)20-11(2)32-26(30-8-15-16(28)6-14(27)7-17(15)29)35-24(20)33-18-5-13(9-36)22(37)23(18)38/h4,6-7,13,18,22-23,36-38H,5,8-9H2,1-3H3,(H2,30,32,33,35)/t13-,18-,22-,23+/m1/s1. The lowest BCUT2D eigenvalue weighted by Crippen LogP contribution is -2.35. The molecule has 0 amide bonds. The molecule has 1 aromatic carbocycles. The van der Waals surface area contributed by atoms with E-state index >= 15 is 0 Å². The third-order valence-corrected chi connectivity index (χ3v) is 7.89. The van der Waals surface area contributed by atoms with Crippen LogP contribution in [0.25, 0.3) is 20.8 Å². The SMILES string of the molecule is Cc1cc2sc(-c3c(C)nc(NCc4c(F)cc(F)cc4F)nc3N[C@@H]3C[C@H](CO)[C@@H](O)[C@H]3O)nc2c(C)n1. The zero-order valence-corrected chi connectivity index (χ0v) is 22.2. The maximum atomic E-state index is 14.2. The average molecular weight is 561 g/mol. The van der Waals surface area contributed by atoms with Crippen molar-refractivity contribution in [3.63, 3.8) is 0 Å². The fourth-order valence-corrected chi connectivity index (χ4v) is 6.09. The molecule has 3 aromatic heterocycles. The Hall–Kier alpha value is -3.39. The number of fused-ring (bicyclic) bond motifs is 1. The van der Waals surface area contributed by atoms with Crippen LogP contribution in [0.15, 0.2) is 18.2 Å². The van der Waals surface area contributed by atoms with Crippen LogP contribution in [0.5, 0.6) is 0 Å². The second-order valence-corrected chi connectivity index (χ2v) is 10.7. The maximum absolute atomic E-state index is 14.2. The van der Waals surface area contributed by atoms with E-state index in [2.05, 4.69) is 25.6 Å². The molecule has 1 saturated carbocycles. The highest BCUT2D eigenvalue weighted by Crippen LogP contribution is 2.38. The van der Waals surface area contributed by atoms with E-state index in [4.69, 9.17) is 4.98 Å². The van der Waals surface area contributed by atoms with E-state index in [1.807, 2.05) is 19.9 Å². The van der Waals surface area contributed by atoms with Gasteiger partial charge < -0.3 is 26.0 Å². The summed E-state index contributed by atoms with van der Waals surface area (Å²) in [7, 11) is 0. The first-order valence-electron chi connectivity index (χ1n) is 12.3. The van der Waals surface area contributed by atoms with Crippen LogP contribution in [0.2, 0.25) is 0 Å². The first-order valence-corrected chi connectivity index (χ1v) is 13.1. The third-order valence-electron chi connectivity index (χ3n) is 6.87. The molecule has 206 valence electrons. The van der Waals surface area contributed by atoms with Gasteiger partial charge in [0, 0.05) is 42.5 Å². The molecule has 9 nitrogen and oxygen atoms in total. The van der Waals surface area contributed by atoms with Crippen molar-refractivity contribution in [1.29, 1.82) is 0 Å². The Morgan fingerprint density at radius 1 is 0.949 bits per heavy atom. The number of anilines is 2. The van der Waals surface area contributed by atoms with E-state index in [1.165, 1.54) is 11.3 Å². The number of aliphatic hydroxyl groups is 3. The molecule has 0 spiro atoms. The molecule has 0 unspecified atom stereocenters. The number of benzene rings is 1. The second kappa shape index (κ2) is 10.6. The van der Waals surface area contributed by atoms with E-state index in [0.29, 0.717) is 28.4 Å². The van der Waals surface area contributed by atoms with Crippen LogP contribution in [0.4, 0.5) is 24.9 Å². The molecule has 1 aliphatic rings. The van der Waals surface area contributed by atoms with E-state index in [-0.39, 0.29) is 36.9 Å². The highest BCUT2D eigenvalue weighted by atomic mass is 32.1. The minimum atomic E-state index is -1.17. The molecule has 4 atom stereocenters. The van der Waals surface area contributed by atoms with Gasteiger partial charge in [0.05, 0.1) is 33.8 Å². The summed E-state index contributed by atoms with van der Waals surface area (Å²) in [5, 5.41) is 37.1. The largest absolute Gasteiger partial charge is 0.396 e. The molecule has 0 saturated heterocycles. The van der Waals surface area contributed by atoms with Crippen LogP contribution in [-0.4, -0.2) is 60.1 Å². The van der Waals surface area contributed by atoms with Crippen molar-refractivity contribution in [1.82, 2.24) is 19.9 Å². The van der Waals surface area contributed by atoms with Gasteiger partial charge in [-0.2, -0.15) is 4.98 Å². The van der Waals surface area contributed by atoms with E-state index in [1.54, 1.807) is 6.92 Å². The van der Waals surface area contributed by atoms with Crippen molar-refractivity contribution in [3.05, 3.63) is 58.3 Å². The van der Waals surface area contributed by atoms with Gasteiger partial charge in [-0.1, -0.05) is 0 Å². The number of pyridine rings is 1. The van der Waals surface area contributed by atoms with Crippen molar-refractivity contribution < 1.29 is 28.5 Å². The first-order chi connectivity index (χ1) is 18.5. The first kappa shape index (κ1) is 27.2. The van der Waals surface area contributed by atoms with Gasteiger partial charge in [-0.25, -0.2) is 23.1 Å². The molecule has 4 aromatic rings. The lowest BCUT2D eigenvalue weighted by molar-refractivity contribution is 0.00446. The van der Waals surface area contributed by atoms with Crippen LogP contribution in [-0.2, 0) is 6.54 Å². The van der Waals surface area contributed by atoms with Gasteiger partial charge in [0.1, 0.15) is 39.9 Å². The Kier molecular flexibility index (Phi) is 7.42. The molecular formula is C26H27F3N6O3S. The van der Waals surface area contributed by atoms with Gasteiger partial charge >= 0.3 is 0 Å². The summed E-state index contributed by atoms with van der Waals surface area (Å²) in [6, 6.07) is 2.47. The van der Waals surface area contributed by atoms with E-state index in [9.17, 15) is 28.5 Å². The predicted octanol–water partition coefficient (Wildman–Crippen LogP) is 3.62. The number of aryl methyl sites for hydroxylation is 3. The van der Waals surface area contributed by atoms with Gasteiger partial charge in [0.15, 0.2) is 0 Å². The summed E-state index contributed by atoms with van der Waals surface area (Å²) in [6.07, 6.45) is -2.02. The quantitative estimate of drug-likeness (QED) is 0.230. The van der Waals surface area contributed by atoms with E-state index in [0.717, 1.165) is 21.6 Å². The van der Waals surface area contributed by atoms with Crippen LogP contribution in [0.1, 0.15) is 29.1 Å². The lowest BCUT2D eigenvalue weighted by Gasteiger charge is -2.21. The molecule has 1 aliphatic carbocycles. The molecular weight excluding hydrogens is 533 g/mol. The van der Waals surface area contributed by atoms with Gasteiger partial charge in [0.25, 0.3) is 0 Å². The number of hydrogen-bond acceptors (Lipinski definition) is 10. The third kappa shape index (κ3) is 5.26. The van der Waals surface area contributed by atoms with Crippen LogP contribution < -0.4 is 10.6 Å². The molecule has 0 radical (unpaired) electrons. The minimum absolute atomic E-state index is 0.0309. The number of hydrogen-bond donors (Lipinski definition) is 5. The minimum Gasteiger partial charge on any atom is -0.396 e. The Bertz CT molecular complexity index is 1530. The van der Waals surface area contributed by atoms with Crippen molar-refractivity contribution in [2.45, 2.75) is 52.0 Å². The number of rotatable bonds is 7. The van der Waals surface area contributed by atoms with Crippen LogP contribution >= 0.6 is 11.3 Å². The molecule has 5 N–H and O–H groups in total. The topological polar surface area (TPSA) is 136 Å². The molecule has 0 bridgehead atoms. The van der Waals surface area contributed by atoms with Crippen molar-refractivity contribution >= 4 is 33.3 Å². The summed E-state index contributed by atoms with van der Waals surface area (Å²) in [5.41, 5.74) is 3.00. The fraction of sp³-hybridized carbons (Fsp3) is 0.385. The number of nitrogens with zero attached hydrogens (tertiary/aromatic N) is 4. The summed E-state index contributed by atoms with van der Waals surface area (Å²) in [4.78, 5) is 18.2. The number of aromatic nitrogens is 4. The average Bonchev–Trinajstić information content (AvgIpc) is 3.39. The van der Waals surface area contributed by atoms with Gasteiger partial charge in [-0.05, 0) is 33.3 Å². The highest BCUT2D eigenvalue weighted by molar-refractivity contribution is 7.21. The predicted molar refractivity (Wildman–Crippen MR) is 141 cm³/mol. The molecule has 1 fully saturated rings. The molecule has 39 heavy (non-hydrogen) atoms. The van der Waals surface area contributed by atoms with Crippen LogP contribution in [0, 0.1) is 44.1 Å². The Morgan fingerprint density at radius 2 is 1.67 bits per heavy atom. The van der Waals surface area contributed by atoms with Crippen molar-refractivity contribution in [3.8, 4) is 10.6 Å². The number of thiazole rings is 1. The molecule has 5 rings (SSSR count). The summed E-state index contributed by atoms with van der Waals surface area (Å²) < 4.78 is 42.6. The second-order valence-electron chi connectivity index (χ2n) is 9.68. The summed E-state index contributed by atoms with van der Waals surface area (Å²) in [6.45, 7) is 4.85. The fourth-order valence-electron chi connectivity index (χ4n) is 4.88. The van der Waals surface area contributed by atoms with Gasteiger partial charge in [-0.15, -0.1) is 11.3 Å². The normalized spacial score (nSPS) is 21.1. The number of nitrogens with one attached hydrogen (secondary N) is 2. The Labute approximate surface area is 225 Å². The zero-order chi connectivity index (χ0) is 28.0. The smallest absolute Gasteiger partial charge is 0.225 e. The van der Waals surface area contributed by atoms with E-state index < -0.39 is 41.6 Å². The monoisotopic (exact) mass is 560 g/mol. The van der Waals surface area contributed by atoms with Crippen molar-refractivity contribution in [2.75, 3.05) is 17.2 Å². The van der Waals surface area contributed by atoms with Gasteiger partial charge in [0.2, 0.25) is 5.95 Å². The molecule has 13 heteroatoms. The van der Waals surface area contributed by atoms with Crippen LogP contribution in [0.3, 0.4) is 0 Å². The zero-order valence-electron chi connectivity index (χ0n) is 21.3. The highest BCUT2D eigenvalue weighted by Gasteiger charge is 2.41. The Balaban J connectivity index is 1.55. The number of aliphatic hydroxyl groups excluding tert-OH is 3. The maximum Gasteiger partial charge on any atom is 0.225 e. The Morgan fingerprint density at radius 3 is 2.33 bits per heavy atom. The van der Waals surface area contributed by atoms with Gasteiger partial charge in [-0.3, -0.25) is 4.98 Å². The summed E-state index contributed by atoms with van der Waals surface area (Å²) >= 11 is 1.41.